The summed E-state index contributed by atoms with van der Waals surface area (Å²) < 4.78 is 47.3. The number of anilines is 2. The molecule has 3 aromatic heterocycles. The van der Waals surface area contributed by atoms with Gasteiger partial charge in [-0.25, -0.2) is 19.2 Å². The predicted octanol–water partition coefficient (Wildman–Crippen LogP) is 3.88. The lowest BCUT2D eigenvalue weighted by molar-refractivity contribution is -0.192. The zero-order valence-electron chi connectivity index (χ0n) is 20.3. The van der Waals surface area contributed by atoms with Crippen LogP contribution in [0.5, 0.6) is 0 Å². The molecule has 0 unspecified atom stereocenters. The predicted molar refractivity (Wildman–Crippen MR) is 139 cm³/mol. The van der Waals surface area contributed by atoms with E-state index in [0.29, 0.717) is 53.3 Å². The highest BCUT2D eigenvalue weighted by Crippen LogP contribution is 2.27. The summed E-state index contributed by atoms with van der Waals surface area (Å²) in [5.74, 6) is -1.25. The number of rotatable bonds is 5. The van der Waals surface area contributed by atoms with Crippen LogP contribution in [0.25, 0.3) is 27.9 Å². The second-order valence-corrected chi connectivity index (χ2v) is 9.24. The van der Waals surface area contributed by atoms with Crippen molar-refractivity contribution in [3.63, 3.8) is 0 Å². The van der Waals surface area contributed by atoms with Gasteiger partial charge in [0.1, 0.15) is 18.0 Å². The maximum atomic E-state index is 13.9. The fraction of sp³-hybridized carbons (Fsp3) is 0.208. The number of H-pyrrole nitrogens is 1. The van der Waals surface area contributed by atoms with Crippen molar-refractivity contribution in [3.05, 3.63) is 65.5 Å². The van der Waals surface area contributed by atoms with Crippen molar-refractivity contribution in [1.82, 2.24) is 29.5 Å². The molecule has 0 aliphatic carbocycles. The minimum absolute atomic E-state index is 0.0937. The van der Waals surface area contributed by atoms with Gasteiger partial charge in [0.25, 0.3) is 0 Å². The van der Waals surface area contributed by atoms with Crippen molar-refractivity contribution in [3.8, 4) is 5.69 Å². The van der Waals surface area contributed by atoms with Gasteiger partial charge in [-0.3, -0.25) is 4.57 Å². The molecule has 0 saturated carbocycles. The van der Waals surface area contributed by atoms with Crippen LogP contribution < -0.4 is 16.0 Å². The topological polar surface area (TPSA) is 151 Å². The van der Waals surface area contributed by atoms with E-state index in [1.807, 2.05) is 17.0 Å². The Bertz CT molecular complexity index is 1700. The molecule has 40 heavy (non-hydrogen) atoms. The molecule has 0 amide bonds. The van der Waals surface area contributed by atoms with E-state index >= 15 is 0 Å². The lowest BCUT2D eigenvalue weighted by Crippen LogP contribution is -2.56. The van der Waals surface area contributed by atoms with Crippen LogP contribution in [0.3, 0.4) is 0 Å². The van der Waals surface area contributed by atoms with Crippen LogP contribution in [0.2, 0.25) is 5.02 Å². The number of fused-ring (bicyclic) bond motifs is 2. The third kappa shape index (κ3) is 5.74. The number of aromatic nitrogens is 6. The Hall–Kier alpha value is -4.50. The Morgan fingerprint density at radius 1 is 1.18 bits per heavy atom. The molecule has 5 N–H and O–H groups in total. The lowest BCUT2D eigenvalue weighted by atomic mass is 10.1. The van der Waals surface area contributed by atoms with E-state index < -0.39 is 12.1 Å². The van der Waals surface area contributed by atoms with Crippen molar-refractivity contribution in [1.29, 1.82) is 0 Å². The summed E-state index contributed by atoms with van der Waals surface area (Å²) in [7, 11) is 0. The molecule has 4 heterocycles. The summed E-state index contributed by atoms with van der Waals surface area (Å²) in [4.78, 5) is 32.7. The first-order chi connectivity index (χ1) is 19.0. The van der Waals surface area contributed by atoms with Gasteiger partial charge in [-0.05, 0) is 36.4 Å². The van der Waals surface area contributed by atoms with Gasteiger partial charge < -0.3 is 26.0 Å². The first-order valence-corrected chi connectivity index (χ1v) is 12.1. The lowest BCUT2D eigenvalue weighted by Gasteiger charge is -2.36. The van der Waals surface area contributed by atoms with Crippen molar-refractivity contribution in [2.24, 2.45) is 5.73 Å². The number of aromatic amines is 1. The molecule has 5 aromatic rings. The SMILES string of the molecule is NC1CN(c2nc(NCc3nc4ccc(Cl)cc4[nH]3)c3ncn(-c4cccc(F)c4)c3n2)C1.O=C(O)C(F)(F)F. The van der Waals surface area contributed by atoms with Crippen LogP contribution in [-0.4, -0.2) is 65.9 Å². The number of hydrogen-bond donors (Lipinski definition) is 4. The van der Waals surface area contributed by atoms with Crippen molar-refractivity contribution >= 4 is 51.5 Å². The first kappa shape index (κ1) is 27.1. The Balaban J connectivity index is 0.000000411. The first-order valence-electron chi connectivity index (χ1n) is 11.7. The van der Waals surface area contributed by atoms with Crippen LogP contribution in [0.1, 0.15) is 5.82 Å². The summed E-state index contributed by atoms with van der Waals surface area (Å²) in [6.07, 6.45) is -3.46. The second-order valence-electron chi connectivity index (χ2n) is 8.81. The standard InChI is InChI=1S/C22H19ClFN9.C2HF3O2/c23-12-4-5-16-17(6-12)29-18(28-16)8-26-20-19-21(31-22(30-20)32-9-14(25)10-32)33(11-27-19)15-3-1-2-13(24)7-15;3-2(4,5)1(6)7/h1-7,11,14H,8-10,25H2,(H,28,29)(H,26,30,31);(H,6,7). The Morgan fingerprint density at radius 2 is 1.93 bits per heavy atom. The molecular formula is C24H20ClF4N9O2. The van der Waals surface area contributed by atoms with Gasteiger partial charge in [-0.15, -0.1) is 0 Å². The Labute approximate surface area is 227 Å². The van der Waals surface area contributed by atoms with E-state index in [-0.39, 0.29) is 11.9 Å². The van der Waals surface area contributed by atoms with Gasteiger partial charge in [0, 0.05) is 24.2 Å². The van der Waals surface area contributed by atoms with Gasteiger partial charge in [-0.1, -0.05) is 17.7 Å². The number of aliphatic carboxylic acids is 1. The molecule has 1 aliphatic rings. The molecule has 16 heteroatoms. The average molecular weight is 578 g/mol. The van der Waals surface area contributed by atoms with Crippen molar-refractivity contribution < 1.29 is 27.5 Å². The number of alkyl halides is 3. The fourth-order valence-electron chi connectivity index (χ4n) is 3.93. The molecular weight excluding hydrogens is 558 g/mol. The summed E-state index contributed by atoms with van der Waals surface area (Å²) >= 11 is 6.08. The highest BCUT2D eigenvalue weighted by atomic mass is 35.5. The van der Waals surface area contributed by atoms with Gasteiger partial charge in [-0.2, -0.15) is 23.1 Å². The summed E-state index contributed by atoms with van der Waals surface area (Å²) in [6.45, 7) is 1.73. The average Bonchev–Trinajstić information content (AvgIpc) is 3.48. The molecule has 208 valence electrons. The minimum atomic E-state index is -5.08. The van der Waals surface area contributed by atoms with E-state index in [1.54, 1.807) is 29.1 Å². The normalized spacial score (nSPS) is 13.7. The monoisotopic (exact) mass is 577 g/mol. The third-order valence-electron chi connectivity index (χ3n) is 5.82. The van der Waals surface area contributed by atoms with Crippen molar-refractivity contribution in [2.45, 2.75) is 18.8 Å². The van der Waals surface area contributed by atoms with E-state index in [4.69, 9.17) is 37.2 Å². The van der Waals surface area contributed by atoms with E-state index in [2.05, 4.69) is 20.3 Å². The van der Waals surface area contributed by atoms with E-state index in [1.165, 1.54) is 12.1 Å². The van der Waals surface area contributed by atoms with Crippen LogP contribution in [0, 0.1) is 5.82 Å². The number of hydrogen-bond acceptors (Lipinski definition) is 8. The number of nitrogens with two attached hydrogens (primary N) is 1. The van der Waals surface area contributed by atoms with Crippen LogP contribution >= 0.6 is 11.6 Å². The number of halogens is 5. The number of nitrogens with one attached hydrogen (secondary N) is 2. The molecule has 1 fully saturated rings. The zero-order valence-corrected chi connectivity index (χ0v) is 21.1. The van der Waals surface area contributed by atoms with E-state index in [0.717, 1.165) is 16.9 Å². The second kappa shape index (κ2) is 10.6. The highest BCUT2D eigenvalue weighted by molar-refractivity contribution is 6.31. The fourth-order valence-corrected chi connectivity index (χ4v) is 4.10. The summed E-state index contributed by atoms with van der Waals surface area (Å²) in [5.41, 5.74) is 9.43. The smallest absolute Gasteiger partial charge is 0.475 e. The van der Waals surface area contributed by atoms with Gasteiger partial charge in [0.15, 0.2) is 17.0 Å². The number of benzene rings is 2. The Morgan fingerprint density at radius 3 is 2.60 bits per heavy atom. The maximum Gasteiger partial charge on any atom is 0.490 e. The number of carbonyl (C=O) groups is 1. The van der Waals surface area contributed by atoms with Crippen molar-refractivity contribution in [2.75, 3.05) is 23.3 Å². The molecule has 2 aromatic carbocycles. The molecule has 0 spiro atoms. The molecule has 11 nitrogen and oxygen atoms in total. The molecule has 0 bridgehead atoms. The Kier molecular flexibility index (Phi) is 7.16. The molecule has 0 atom stereocenters. The van der Waals surface area contributed by atoms with Crippen LogP contribution in [-0.2, 0) is 11.3 Å². The zero-order chi connectivity index (χ0) is 28.6. The number of carboxylic acid groups (broad SMARTS) is 1. The molecule has 1 aliphatic heterocycles. The van der Waals surface area contributed by atoms with E-state index in [9.17, 15) is 17.6 Å². The van der Waals surface area contributed by atoms with Gasteiger partial charge in [0.2, 0.25) is 5.95 Å². The van der Waals surface area contributed by atoms with Gasteiger partial charge in [0.05, 0.1) is 23.3 Å². The van der Waals surface area contributed by atoms with Gasteiger partial charge >= 0.3 is 12.1 Å². The summed E-state index contributed by atoms with van der Waals surface area (Å²) in [5, 5.41) is 11.1. The molecule has 0 radical (unpaired) electrons. The number of carboxylic acids is 1. The number of imidazole rings is 2. The minimum Gasteiger partial charge on any atom is -0.475 e. The van der Waals surface area contributed by atoms with Crippen LogP contribution in [0.4, 0.5) is 29.3 Å². The summed E-state index contributed by atoms with van der Waals surface area (Å²) in [6, 6.07) is 11.9. The maximum absolute atomic E-state index is 13.9. The quantitative estimate of drug-likeness (QED) is 0.228. The highest BCUT2D eigenvalue weighted by Gasteiger charge is 2.38. The third-order valence-corrected chi connectivity index (χ3v) is 6.06. The largest absolute Gasteiger partial charge is 0.490 e. The van der Waals surface area contributed by atoms with Crippen LogP contribution in [0.15, 0.2) is 48.8 Å². The molecule has 1 saturated heterocycles. The number of nitrogens with zero attached hydrogens (tertiary/aromatic N) is 6. The molecule has 6 rings (SSSR count).